The first-order valence-corrected chi connectivity index (χ1v) is 12.9. The number of nitrogens with zero attached hydrogens (tertiary/aromatic N) is 3. The summed E-state index contributed by atoms with van der Waals surface area (Å²) in [6.45, 7) is 3.69. The predicted molar refractivity (Wildman–Crippen MR) is 121 cm³/mol. The molecule has 3 rings (SSSR count). The summed E-state index contributed by atoms with van der Waals surface area (Å²) in [5, 5.41) is 2.70. The van der Waals surface area contributed by atoms with Crippen LogP contribution in [0.5, 0.6) is 0 Å². The lowest BCUT2D eigenvalue weighted by molar-refractivity contribution is -0.148. The average Bonchev–Trinajstić information content (AvgIpc) is 3.38. The molecule has 0 radical (unpaired) electrons. The van der Waals surface area contributed by atoms with E-state index in [1.54, 1.807) is 24.6 Å². The smallest absolute Gasteiger partial charge is 0.309 e. The van der Waals surface area contributed by atoms with Crippen molar-refractivity contribution in [1.29, 1.82) is 0 Å². The van der Waals surface area contributed by atoms with E-state index in [1.807, 2.05) is 6.07 Å². The van der Waals surface area contributed by atoms with Crippen LogP contribution in [0.15, 0.2) is 23.4 Å². The van der Waals surface area contributed by atoms with Crippen molar-refractivity contribution in [1.82, 2.24) is 19.2 Å². The molecular formula is C21H28N4O6S2. The Morgan fingerprint density at radius 1 is 1.24 bits per heavy atom. The van der Waals surface area contributed by atoms with Crippen LogP contribution in [0.3, 0.4) is 0 Å². The molecule has 1 amide bonds. The Morgan fingerprint density at radius 2 is 1.94 bits per heavy atom. The van der Waals surface area contributed by atoms with Gasteiger partial charge in [-0.05, 0) is 38.3 Å². The van der Waals surface area contributed by atoms with Crippen molar-refractivity contribution in [2.45, 2.75) is 38.1 Å². The zero-order valence-electron chi connectivity index (χ0n) is 18.9. The van der Waals surface area contributed by atoms with Crippen molar-refractivity contribution in [3.05, 3.63) is 33.9 Å². The zero-order valence-corrected chi connectivity index (χ0v) is 20.5. The van der Waals surface area contributed by atoms with Gasteiger partial charge in [0, 0.05) is 44.7 Å². The topological polar surface area (TPSA) is 128 Å². The van der Waals surface area contributed by atoms with Crippen LogP contribution in [0.4, 0.5) is 0 Å². The van der Waals surface area contributed by atoms with Crippen LogP contribution in [0, 0.1) is 12.8 Å². The van der Waals surface area contributed by atoms with Crippen molar-refractivity contribution < 1.29 is 27.5 Å². The molecule has 33 heavy (non-hydrogen) atoms. The van der Waals surface area contributed by atoms with Gasteiger partial charge in [-0.1, -0.05) is 0 Å². The lowest BCUT2D eigenvalue weighted by Crippen LogP contribution is -2.40. The maximum absolute atomic E-state index is 12.8. The standard InChI is InChI=1S/C21H28N4O6S2/c1-14-23-20(12-24(14)3)33(29,30)25-10-7-16(8-11-25)21(28)31-13-18(27)19-5-4-17(32-19)6-9-22-15(2)26/h4-5,12,16H,6-11,13H2,1-3H3,(H,22,26). The number of aryl methyl sites for hydroxylation is 2. The Morgan fingerprint density at radius 3 is 2.55 bits per heavy atom. The summed E-state index contributed by atoms with van der Waals surface area (Å²) in [5.41, 5.74) is 0. The number of carbonyl (C=O) groups excluding carboxylic acids is 3. The van der Waals surface area contributed by atoms with Crippen LogP contribution >= 0.6 is 11.3 Å². The molecule has 180 valence electrons. The van der Waals surface area contributed by atoms with Crippen LogP contribution in [0.2, 0.25) is 0 Å². The number of imidazole rings is 1. The molecule has 1 aliphatic rings. The van der Waals surface area contributed by atoms with Crippen molar-refractivity contribution in [2.75, 3.05) is 26.2 Å². The van der Waals surface area contributed by atoms with Crippen LogP contribution < -0.4 is 5.32 Å². The van der Waals surface area contributed by atoms with Crippen molar-refractivity contribution in [2.24, 2.45) is 13.0 Å². The Bertz CT molecular complexity index is 1110. The van der Waals surface area contributed by atoms with E-state index in [2.05, 4.69) is 10.3 Å². The fourth-order valence-electron chi connectivity index (χ4n) is 3.46. The van der Waals surface area contributed by atoms with E-state index in [9.17, 15) is 22.8 Å². The molecular weight excluding hydrogens is 468 g/mol. The van der Waals surface area contributed by atoms with Gasteiger partial charge < -0.3 is 14.6 Å². The van der Waals surface area contributed by atoms with Gasteiger partial charge in [-0.25, -0.2) is 13.4 Å². The number of ketones is 1. The van der Waals surface area contributed by atoms with Gasteiger partial charge in [0.05, 0.1) is 10.8 Å². The second kappa shape index (κ2) is 10.6. The highest BCUT2D eigenvalue weighted by Gasteiger charge is 2.34. The normalized spacial score (nSPS) is 15.4. The fraction of sp³-hybridized carbons (Fsp3) is 0.524. The molecule has 12 heteroatoms. The van der Waals surface area contributed by atoms with Gasteiger partial charge in [0.1, 0.15) is 5.82 Å². The van der Waals surface area contributed by atoms with Gasteiger partial charge in [-0.2, -0.15) is 4.31 Å². The number of sulfonamides is 1. The number of hydrogen-bond donors (Lipinski definition) is 1. The highest BCUT2D eigenvalue weighted by atomic mass is 32.2. The van der Waals surface area contributed by atoms with Gasteiger partial charge in [-0.3, -0.25) is 14.4 Å². The summed E-state index contributed by atoms with van der Waals surface area (Å²) >= 11 is 1.31. The summed E-state index contributed by atoms with van der Waals surface area (Å²) in [4.78, 5) is 41.3. The monoisotopic (exact) mass is 496 g/mol. The van der Waals surface area contributed by atoms with E-state index >= 15 is 0 Å². The van der Waals surface area contributed by atoms with E-state index < -0.39 is 21.9 Å². The molecule has 0 atom stereocenters. The largest absolute Gasteiger partial charge is 0.457 e. The second-order valence-corrected chi connectivity index (χ2v) is 11.0. The van der Waals surface area contributed by atoms with Crippen LogP contribution in [-0.2, 0) is 37.8 Å². The van der Waals surface area contributed by atoms with Gasteiger partial charge >= 0.3 is 5.97 Å². The van der Waals surface area contributed by atoms with Gasteiger partial charge in [0.25, 0.3) is 10.0 Å². The quantitative estimate of drug-likeness (QED) is 0.409. The number of esters is 1. The molecule has 1 saturated heterocycles. The summed E-state index contributed by atoms with van der Waals surface area (Å²) in [7, 11) is -1.98. The van der Waals surface area contributed by atoms with E-state index in [0.29, 0.717) is 36.5 Å². The van der Waals surface area contributed by atoms with Crippen LogP contribution in [0.1, 0.15) is 40.1 Å². The molecule has 0 aliphatic carbocycles. The Kier molecular flexibility index (Phi) is 8.03. The number of aromatic nitrogens is 2. The van der Waals surface area contributed by atoms with Gasteiger partial charge in [-0.15, -0.1) is 11.3 Å². The third kappa shape index (κ3) is 6.27. The molecule has 10 nitrogen and oxygen atoms in total. The van der Waals surface area contributed by atoms with E-state index in [4.69, 9.17) is 4.74 Å². The lowest BCUT2D eigenvalue weighted by Gasteiger charge is -2.29. The maximum atomic E-state index is 12.8. The number of amides is 1. The molecule has 0 aromatic carbocycles. The van der Waals surface area contributed by atoms with Gasteiger partial charge in [0.2, 0.25) is 11.7 Å². The molecule has 1 N–H and O–H groups in total. The molecule has 0 spiro atoms. The van der Waals surface area contributed by atoms with E-state index in [-0.39, 0.29) is 36.4 Å². The molecule has 0 saturated carbocycles. The number of ether oxygens (including phenoxy) is 1. The fourth-order valence-corrected chi connectivity index (χ4v) is 5.89. The zero-order chi connectivity index (χ0) is 24.2. The SMILES string of the molecule is CC(=O)NCCc1ccc(C(=O)COC(=O)C2CCN(S(=O)(=O)c3cn(C)c(C)n3)CC2)s1. The Hall–Kier alpha value is -2.57. The maximum Gasteiger partial charge on any atom is 0.309 e. The number of Topliss-reactive ketones (excluding diaryl/α,β-unsaturated/α-hetero) is 1. The summed E-state index contributed by atoms with van der Waals surface area (Å²) < 4.78 is 33.7. The lowest BCUT2D eigenvalue weighted by atomic mass is 9.98. The number of hydrogen-bond acceptors (Lipinski definition) is 8. The first-order valence-electron chi connectivity index (χ1n) is 10.6. The highest BCUT2D eigenvalue weighted by molar-refractivity contribution is 7.89. The number of nitrogens with one attached hydrogen (secondary N) is 1. The van der Waals surface area contributed by atoms with Crippen molar-refractivity contribution in [3.8, 4) is 0 Å². The van der Waals surface area contributed by atoms with Crippen LogP contribution in [0.25, 0.3) is 0 Å². The highest BCUT2D eigenvalue weighted by Crippen LogP contribution is 2.24. The molecule has 3 heterocycles. The average molecular weight is 497 g/mol. The van der Waals surface area contributed by atoms with E-state index in [1.165, 1.54) is 28.8 Å². The molecule has 0 bridgehead atoms. The Balaban J connectivity index is 1.46. The minimum Gasteiger partial charge on any atom is -0.457 e. The number of piperidine rings is 1. The Labute approximate surface area is 197 Å². The molecule has 0 unspecified atom stereocenters. The first-order chi connectivity index (χ1) is 15.6. The first kappa shape index (κ1) is 25.1. The van der Waals surface area contributed by atoms with Gasteiger partial charge in [0.15, 0.2) is 11.6 Å². The predicted octanol–water partition coefficient (Wildman–Crippen LogP) is 1.30. The third-order valence-corrected chi connectivity index (χ3v) is 8.46. The van der Waals surface area contributed by atoms with Crippen molar-refractivity contribution >= 4 is 39.0 Å². The van der Waals surface area contributed by atoms with Crippen molar-refractivity contribution in [3.63, 3.8) is 0 Å². The van der Waals surface area contributed by atoms with E-state index in [0.717, 1.165) is 4.88 Å². The number of carbonyl (C=O) groups is 3. The number of thiophene rings is 1. The summed E-state index contributed by atoms with van der Waals surface area (Å²) in [6.07, 6.45) is 2.75. The third-order valence-electron chi connectivity index (χ3n) is 5.51. The minimum atomic E-state index is -3.71. The molecule has 2 aromatic heterocycles. The molecule has 1 aliphatic heterocycles. The molecule has 1 fully saturated rings. The number of rotatable bonds is 9. The molecule has 2 aromatic rings. The summed E-state index contributed by atoms with van der Waals surface area (Å²) in [6, 6.07) is 3.51. The second-order valence-electron chi connectivity index (χ2n) is 7.95. The summed E-state index contributed by atoms with van der Waals surface area (Å²) in [5.74, 6) is -0.736. The van der Waals surface area contributed by atoms with Crippen LogP contribution in [-0.4, -0.2) is 66.2 Å². The minimum absolute atomic E-state index is 0.00140.